The first-order valence-corrected chi connectivity index (χ1v) is 7.51. The molecule has 1 rings (SSSR count). The van der Waals surface area contributed by atoms with Gasteiger partial charge in [-0.3, -0.25) is 14.2 Å². The van der Waals surface area contributed by atoms with Gasteiger partial charge in [-0.05, 0) is 49.3 Å². The third-order valence-corrected chi connectivity index (χ3v) is 3.51. The highest BCUT2D eigenvalue weighted by atomic mass is 127. The second-order valence-electron chi connectivity index (χ2n) is 4.23. The molecular weight excluding hydrogens is 359 g/mol. The zero-order chi connectivity index (χ0) is 14.3. The summed E-state index contributed by atoms with van der Waals surface area (Å²) in [6.45, 7) is 4.71. The van der Waals surface area contributed by atoms with Gasteiger partial charge in [0.25, 0.3) is 5.56 Å². The van der Waals surface area contributed by atoms with Gasteiger partial charge in [0.15, 0.2) is 0 Å². The molecule has 0 spiro atoms. The van der Waals surface area contributed by atoms with Crippen LogP contribution in [0, 0.1) is 10.5 Å². The van der Waals surface area contributed by atoms with Crippen molar-refractivity contribution in [3.8, 4) is 0 Å². The Hall–Kier alpha value is -0.920. The van der Waals surface area contributed by atoms with E-state index in [0.29, 0.717) is 23.1 Å². The van der Waals surface area contributed by atoms with Crippen molar-refractivity contribution in [2.45, 2.75) is 46.1 Å². The molecule has 0 aliphatic carbocycles. The van der Waals surface area contributed by atoms with E-state index in [2.05, 4.69) is 4.98 Å². The maximum absolute atomic E-state index is 11.9. The van der Waals surface area contributed by atoms with Crippen LogP contribution in [0.15, 0.2) is 11.0 Å². The van der Waals surface area contributed by atoms with Crippen molar-refractivity contribution in [3.63, 3.8) is 0 Å². The minimum atomic E-state index is -0.147. The van der Waals surface area contributed by atoms with Gasteiger partial charge >= 0.3 is 5.97 Å². The van der Waals surface area contributed by atoms with Gasteiger partial charge in [0, 0.05) is 19.2 Å². The molecule has 0 saturated heterocycles. The number of nitrogens with zero attached hydrogens (tertiary/aromatic N) is 2. The second-order valence-corrected chi connectivity index (χ2v) is 5.39. The number of halogens is 1. The Kier molecular flexibility index (Phi) is 7.04. The average Bonchev–Trinajstić information content (AvgIpc) is 2.38. The van der Waals surface area contributed by atoms with Gasteiger partial charge in [0.2, 0.25) is 0 Å². The van der Waals surface area contributed by atoms with Gasteiger partial charge in [-0.25, -0.2) is 4.98 Å². The Labute approximate surface area is 126 Å². The van der Waals surface area contributed by atoms with Crippen molar-refractivity contribution >= 4 is 28.6 Å². The molecule has 0 aromatic carbocycles. The molecule has 19 heavy (non-hydrogen) atoms. The SMILES string of the molecule is CCOC(=O)CCCCCn1c(C)ncc(I)c1=O. The number of unbranched alkanes of at least 4 members (excludes halogenated alkanes) is 2. The summed E-state index contributed by atoms with van der Waals surface area (Å²) in [6, 6.07) is 0. The zero-order valence-electron chi connectivity index (χ0n) is 11.3. The lowest BCUT2D eigenvalue weighted by molar-refractivity contribution is -0.143. The van der Waals surface area contributed by atoms with E-state index in [1.54, 1.807) is 17.7 Å². The number of ether oxygens (including phenoxy) is 1. The summed E-state index contributed by atoms with van der Waals surface area (Å²) < 4.78 is 7.18. The smallest absolute Gasteiger partial charge is 0.305 e. The number of rotatable bonds is 7. The highest BCUT2D eigenvalue weighted by molar-refractivity contribution is 14.1. The first-order valence-electron chi connectivity index (χ1n) is 6.43. The summed E-state index contributed by atoms with van der Waals surface area (Å²) in [5.41, 5.74) is 0.0125. The van der Waals surface area contributed by atoms with Gasteiger partial charge < -0.3 is 4.74 Å². The summed E-state index contributed by atoms with van der Waals surface area (Å²) in [5, 5.41) is 0. The molecule has 0 N–H and O–H groups in total. The van der Waals surface area contributed by atoms with E-state index < -0.39 is 0 Å². The number of hydrogen-bond donors (Lipinski definition) is 0. The number of carbonyl (C=O) groups is 1. The van der Waals surface area contributed by atoms with E-state index >= 15 is 0 Å². The van der Waals surface area contributed by atoms with Crippen LogP contribution in [-0.2, 0) is 16.1 Å². The molecule has 106 valence electrons. The van der Waals surface area contributed by atoms with Gasteiger partial charge in [0.1, 0.15) is 5.82 Å². The summed E-state index contributed by atoms with van der Waals surface area (Å²) in [7, 11) is 0. The zero-order valence-corrected chi connectivity index (χ0v) is 13.5. The van der Waals surface area contributed by atoms with Gasteiger partial charge in [-0.2, -0.15) is 0 Å². The molecule has 1 heterocycles. The molecule has 0 atom stereocenters. The standard InChI is InChI=1S/C13H19IN2O3/c1-3-19-12(17)7-5-4-6-8-16-10(2)15-9-11(14)13(16)18/h9H,3-8H2,1-2H3. The van der Waals surface area contributed by atoms with Crippen molar-refractivity contribution in [3.05, 3.63) is 25.9 Å². The lowest BCUT2D eigenvalue weighted by Crippen LogP contribution is -2.25. The fourth-order valence-corrected chi connectivity index (χ4v) is 2.19. The third kappa shape index (κ3) is 5.30. The third-order valence-electron chi connectivity index (χ3n) is 2.77. The van der Waals surface area contributed by atoms with Crippen molar-refractivity contribution in [1.29, 1.82) is 0 Å². The molecule has 1 aromatic rings. The van der Waals surface area contributed by atoms with Crippen molar-refractivity contribution in [2.75, 3.05) is 6.61 Å². The fraction of sp³-hybridized carbons (Fsp3) is 0.615. The lowest BCUT2D eigenvalue weighted by atomic mass is 10.2. The molecule has 0 saturated carbocycles. The van der Waals surface area contributed by atoms with Gasteiger partial charge in [0.05, 0.1) is 10.2 Å². The monoisotopic (exact) mass is 378 g/mol. The predicted molar refractivity (Wildman–Crippen MR) is 81.1 cm³/mol. The highest BCUT2D eigenvalue weighted by Crippen LogP contribution is 2.04. The molecule has 0 fully saturated rings. The molecule has 1 aromatic heterocycles. The Morgan fingerprint density at radius 2 is 2.16 bits per heavy atom. The minimum absolute atomic E-state index is 0.0125. The lowest BCUT2D eigenvalue weighted by Gasteiger charge is -2.09. The van der Waals surface area contributed by atoms with Crippen LogP contribution >= 0.6 is 22.6 Å². The molecule has 0 unspecified atom stereocenters. The van der Waals surface area contributed by atoms with Gasteiger partial charge in [-0.15, -0.1) is 0 Å². The summed E-state index contributed by atoms with van der Waals surface area (Å²) in [4.78, 5) is 27.2. The van der Waals surface area contributed by atoms with E-state index in [0.717, 1.165) is 25.1 Å². The predicted octanol–water partition coefficient (Wildman–Crippen LogP) is 2.28. The maximum Gasteiger partial charge on any atom is 0.305 e. The Bertz CT molecular complexity index is 485. The quantitative estimate of drug-likeness (QED) is 0.415. The largest absolute Gasteiger partial charge is 0.466 e. The number of aryl methyl sites for hydroxylation is 1. The molecule has 0 amide bonds. The van der Waals surface area contributed by atoms with Gasteiger partial charge in [-0.1, -0.05) is 6.42 Å². The van der Waals surface area contributed by atoms with Crippen LogP contribution in [0.2, 0.25) is 0 Å². The molecule has 0 aliphatic heterocycles. The van der Waals surface area contributed by atoms with Crippen LogP contribution in [0.5, 0.6) is 0 Å². The topological polar surface area (TPSA) is 61.2 Å². The van der Waals surface area contributed by atoms with Crippen LogP contribution in [0.1, 0.15) is 38.4 Å². The van der Waals surface area contributed by atoms with E-state index in [-0.39, 0.29) is 11.5 Å². The van der Waals surface area contributed by atoms with E-state index in [1.165, 1.54) is 0 Å². The highest BCUT2D eigenvalue weighted by Gasteiger charge is 2.05. The maximum atomic E-state index is 11.9. The first kappa shape index (κ1) is 16.1. The molecule has 0 aliphatic rings. The summed E-state index contributed by atoms with van der Waals surface area (Å²) >= 11 is 2.00. The van der Waals surface area contributed by atoms with Crippen molar-refractivity contribution in [2.24, 2.45) is 0 Å². The summed E-state index contributed by atoms with van der Waals surface area (Å²) in [6.07, 6.45) is 4.60. The Morgan fingerprint density at radius 1 is 1.42 bits per heavy atom. The fourth-order valence-electron chi connectivity index (χ4n) is 1.76. The first-order chi connectivity index (χ1) is 9.06. The van der Waals surface area contributed by atoms with E-state index in [9.17, 15) is 9.59 Å². The number of hydrogen-bond acceptors (Lipinski definition) is 4. The summed E-state index contributed by atoms with van der Waals surface area (Å²) in [5.74, 6) is 0.586. The normalized spacial score (nSPS) is 10.5. The number of esters is 1. The Morgan fingerprint density at radius 3 is 2.84 bits per heavy atom. The minimum Gasteiger partial charge on any atom is -0.466 e. The number of carbonyl (C=O) groups excluding carboxylic acids is 1. The van der Waals surface area contributed by atoms with Crippen molar-refractivity contribution in [1.82, 2.24) is 9.55 Å². The van der Waals surface area contributed by atoms with Crippen LogP contribution < -0.4 is 5.56 Å². The van der Waals surface area contributed by atoms with E-state index in [4.69, 9.17) is 4.74 Å². The van der Waals surface area contributed by atoms with Crippen LogP contribution in [0.25, 0.3) is 0 Å². The van der Waals surface area contributed by atoms with Crippen LogP contribution in [-0.4, -0.2) is 22.1 Å². The molecule has 6 heteroatoms. The van der Waals surface area contributed by atoms with Crippen molar-refractivity contribution < 1.29 is 9.53 Å². The second kappa shape index (κ2) is 8.29. The molecule has 5 nitrogen and oxygen atoms in total. The molecule has 0 radical (unpaired) electrons. The van der Waals surface area contributed by atoms with Crippen LogP contribution in [0.3, 0.4) is 0 Å². The Balaban J connectivity index is 2.36. The van der Waals surface area contributed by atoms with E-state index in [1.807, 2.05) is 29.5 Å². The average molecular weight is 378 g/mol. The molecular formula is C13H19IN2O3. The molecule has 0 bridgehead atoms. The number of aromatic nitrogens is 2. The van der Waals surface area contributed by atoms with Crippen LogP contribution in [0.4, 0.5) is 0 Å².